The fourth-order valence-corrected chi connectivity index (χ4v) is 3.27. The molecule has 0 aromatic heterocycles. The van der Waals surface area contributed by atoms with Crippen molar-refractivity contribution in [3.05, 3.63) is 50.9 Å². The van der Waals surface area contributed by atoms with Gasteiger partial charge in [-0.05, 0) is 42.8 Å². The Morgan fingerprint density at radius 3 is 2.40 bits per heavy atom. The van der Waals surface area contributed by atoms with Gasteiger partial charge in [-0.15, -0.1) is 0 Å². The molecule has 0 aliphatic carbocycles. The van der Waals surface area contributed by atoms with Gasteiger partial charge < -0.3 is 20.1 Å². The van der Waals surface area contributed by atoms with Crippen LogP contribution < -0.4 is 15.4 Å². The van der Waals surface area contributed by atoms with E-state index in [-0.39, 0.29) is 25.2 Å². The lowest BCUT2D eigenvalue weighted by molar-refractivity contribution is -0.147. The number of halogens is 3. The summed E-state index contributed by atoms with van der Waals surface area (Å²) in [7, 11) is 1.48. The number of hydrogen-bond acceptors (Lipinski definition) is 5. The predicted molar refractivity (Wildman–Crippen MR) is 119 cm³/mol. The zero-order valence-electron chi connectivity index (χ0n) is 16.0. The van der Waals surface area contributed by atoms with Crippen molar-refractivity contribution in [1.82, 2.24) is 0 Å². The van der Waals surface area contributed by atoms with Gasteiger partial charge >= 0.3 is 5.97 Å². The Hall–Kier alpha value is -2.29. The highest BCUT2D eigenvalue weighted by Gasteiger charge is 2.12. The highest BCUT2D eigenvalue weighted by atomic mass is 79.9. The van der Waals surface area contributed by atoms with E-state index in [0.717, 1.165) is 4.47 Å². The molecule has 2 aromatic carbocycles. The Bertz CT molecular complexity index is 939. The van der Waals surface area contributed by atoms with Gasteiger partial charge in [-0.25, -0.2) is 0 Å². The monoisotopic (exact) mass is 516 g/mol. The van der Waals surface area contributed by atoms with Crippen LogP contribution in [0.4, 0.5) is 11.4 Å². The van der Waals surface area contributed by atoms with Gasteiger partial charge in [0.1, 0.15) is 5.75 Å². The number of hydrogen-bond donors (Lipinski definition) is 2. The fraction of sp³-hybridized carbons (Fsp3) is 0.250. The molecule has 0 saturated heterocycles. The van der Waals surface area contributed by atoms with Crippen molar-refractivity contribution in [2.24, 2.45) is 0 Å². The lowest BCUT2D eigenvalue weighted by Crippen LogP contribution is -2.21. The van der Waals surface area contributed by atoms with Crippen LogP contribution in [0.15, 0.2) is 40.9 Å². The minimum absolute atomic E-state index is 0.00752. The summed E-state index contributed by atoms with van der Waals surface area (Å²) in [5, 5.41) is 6.05. The van der Waals surface area contributed by atoms with Crippen molar-refractivity contribution < 1.29 is 23.9 Å². The first kappa shape index (κ1) is 24.0. The standard InChI is InChI=1S/C20H19BrCl2N2O5/c1-29-17-8-6-13(22)10-16(17)25-18(26)3-2-4-20(28)30-11-19(27)24-15-7-5-12(21)9-14(15)23/h5-10H,2-4,11H2,1H3,(H,24,27)(H,25,26). The van der Waals surface area contributed by atoms with Gasteiger partial charge in [-0.1, -0.05) is 39.1 Å². The first-order valence-electron chi connectivity index (χ1n) is 8.82. The molecule has 2 aromatic rings. The summed E-state index contributed by atoms with van der Waals surface area (Å²) in [4.78, 5) is 35.7. The number of methoxy groups -OCH3 is 1. The summed E-state index contributed by atoms with van der Waals surface area (Å²) >= 11 is 15.2. The summed E-state index contributed by atoms with van der Waals surface area (Å²) in [6, 6.07) is 9.84. The maximum Gasteiger partial charge on any atom is 0.306 e. The Labute approximate surface area is 192 Å². The molecule has 2 rings (SSSR count). The van der Waals surface area contributed by atoms with Crippen molar-refractivity contribution in [2.45, 2.75) is 19.3 Å². The van der Waals surface area contributed by atoms with Crippen molar-refractivity contribution in [1.29, 1.82) is 0 Å². The largest absolute Gasteiger partial charge is 0.495 e. The smallest absolute Gasteiger partial charge is 0.306 e. The quantitative estimate of drug-likeness (QED) is 0.453. The predicted octanol–water partition coefficient (Wildman–Crippen LogP) is 5.06. The molecule has 0 radical (unpaired) electrons. The van der Waals surface area contributed by atoms with Gasteiger partial charge in [0, 0.05) is 22.3 Å². The van der Waals surface area contributed by atoms with Crippen molar-refractivity contribution >= 4 is 68.3 Å². The van der Waals surface area contributed by atoms with Crippen LogP contribution in [0, 0.1) is 0 Å². The number of esters is 1. The molecule has 0 saturated carbocycles. The second-order valence-electron chi connectivity index (χ2n) is 6.08. The van der Waals surface area contributed by atoms with Crippen LogP contribution in [-0.4, -0.2) is 31.5 Å². The lowest BCUT2D eigenvalue weighted by Gasteiger charge is -2.10. The number of amides is 2. The third kappa shape index (κ3) is 7.85. The highest BCUT2D eigenvalue weighted by molar-refractivity contribution is 9.10. The van der Waals surface area contributed by atoms with E-state index in [1.54, 1.807) is 36.4 Å². The van der Waals surface area contributed by atoms with Crippen molar-refractivity contribution in [2.75, 3.05) is 24.4 Å². The second kappa shape index (κ2) is 11.8. The summed E-state index contributed by atoms with van der Waals surface area (Å²) in [5.41, 5.74) is 0.856. The topological polar surface area (TPSA) is 93.7 Å². The van der Waals surface area contributed by atoms with E-state index in [2.05, 4.69) is 26.6 Å². The van der Waals surface area contributed by atoms with E-state index in [0.29, 0.717) is 27.2 Å². The van der Waals surface area contributed by atoms with Gasteiger partial charge in [0.15, 0.2) is 6.61 Å². The Morgan fingerprint density at radius 2 is 1.70 bits per heavy atom. The Balaban J connectivity index is 1.70. The van der Waals surface area contributed by atoms with Crippen LogP contribution in [0.2, 0.25) is 10.0 Å². The number of ether oxygens (including phenoxy) is 2. The maximum atomic E-state index is 12.1. The zero-order valence-corrected chi connectivity index (χ0v) is 19.1. The molecular formula is C20H19BrCl2N2O5. The first-order valence-corrected chi connectivity index (χ1v) is 10.4. The van der Waals surface area contributed by atoms with Gasteiger partial charge in [-0.3, -0.25) is 14.4 Å². The number of carbonyl (C=O) groups excluding carboxylic acids is 3. The van der Waals surface area contributed by atoms with Crippen LogP contribution in [0.1, 0.15) is 19.3 Å². The Kier molecular flexibility index (Phi) is 9.42. The number of nitrogens with one attached hydrogen (secondary N) is 2. The average Bonchev–Trinajstić information content (AvgIpc) is 2.69. The van der Waals surface area contributed by atoms with E-state index in [1.165, 1.54) is 7.11 Å². The lowest BCUT2D eigenvalue weighted by atomic mass is 10.2. The molecule has 0 aliphatic rings. The molecule has 0 atom stereocenters. The number of anilines is 2. The molecule has 0 spiro atoms. The van der Waals surface area contributed by atoms with Crippen LogP contribution in [0.25, 0.3) is 0 Å². The van der Waals surface area contributed by atoms with Crippen LogP contribution in [0.5, 0.6) is 5.75 Å². The highest BCUT2D eigenvalue weighted by Crippen LogP contribution is 2.28. The van der Waals surface area contributed by atoms with Gasteiger partial charge in [0.05, 0.1) is 23.5 Å². The van der Waals surface area contributed by atoms with Gasteiger partial charge in [0.2, 0.25) is 5.91 Å². The van der Waals surface area contributed by atoms with Crippen LogP contribution in [-0.2, 0) is 19.1 Å². The SMILES string of the molecule is COc1ccc(Cl)cc1NC(=O)CCCC(=O)OCC(=O)Nc1ccc(Br)cc1Cl. The van der Waals surface area contributed by atoms with E-state index in [9.17, 15) is 14.4 Å². The van der Waals surface area contributed by atoms with Crippen molar-refractivity contribution in [3.63, 3.8) is 0 Å². The van der Waals surface area contributed by atoms with Gasteiger partial charge in [0.25, 0.3) is 5.91 Å². The van der Waals surface area contributed by atoms with E-state index in [1.807, 2.05) is 0 Å². The van der Waals surface area contributed by atoms with Crippen LogP contribution in [0.3, 0.4) is 0 Å². The average molecular weight is 518 g/mol. The molecule has 160 valence electrons. The number of carbonyl (C=O) groups is 3. The molecule has 2 N–H and O–H groups in total. The summed E-state index contributed by atoms with van der Waals surface area (Å²) in [5.74, 6) is -0.923. The molecule has 0 heterocycles. The minimum Gasteiger partial charge on any atom is -0.495 e. The van der Waals surface area contributed by atoms with Gasteiger partial charge in [-0.2, -0.15) is 0 Å². The molecule has 0 aliphatic heterocycles. The molecule has 2 amide bonds. The van der Waals surface area contributed by atoms with E-state index >= 15 is 0 Å². The summed E-state index contributed by atoms with van der Waals surface area (Å²) < 4.78 is 10.9. The van der Waals surface area contributed by atoms with Crippen molar-refractivity contribution in [3.8, 4) is 5.75 Å². The van der Waals surface area contributed by atoms with Crippen LogP contribution >= 0.6 is 39.1 Å². The normalized spacial score (nSPS) is 10.3. The van der Waals surface area contributed by atoms with E-state index < -0.39 is 18.5 Å². The molecule has 30 heavy (non-hydrogen) atoms. The molecule has 7 nitrogen and oxygen atoms in total. The number of benzene rings is 2. The summed E-state index contributed by atoms with van der Waals surface area (Å²) in [6.07, 6.45) is 0.339. The maximum absolute atomic E-state index is 12.1. The second-order valence-corrected chi connectivity index (χ2v) is 7.84. The number of rotatable bonds is 9. The molecule has 0 unspecified atom stereocenters. The molecular weight excluding hydrogens is 499 g/mol. The zero-order chi connectivity index (χ0) is 22.1. The minimum atomic E-state index is -0.583. The van der Waals surface area contributed by atoms with E-state index in [4.69, 9.17) is 32.7 Å². The third-order valence-corrected chi connectivity index (χ3v) is 4.83. The fourth-order valence-electron chi connectivity index (χ4n) is 2.38. The summed E-state index contributed by atoms with van der Waals surface area (Å²) in [6.45, 7) is -0.447. The molecule has 10 heteroatoms. The molecule has 0 fully saturated rings. The third-order valence-electron chi connectivity index (χ3n) is 3.79. The first-order chi connectivity index (χ1) is 14.3. The molecule has 0 bridgehead atoms. The Morgan fingerprint density at radius 1 is 0.967 bits per heavy atom.